The Morgan fingerprint density at radius 2 is 1.96 bits per heavy atom. The standard InChI is InChI=1S/C21H27N3O3/c1-15-9-10-19(16(2)12-15)22-21(26)23-20(25)14-24(17-6-3-4-7-17)13-18-8-5-11-27-18/h5,8-12,17H,3-4,6-7,13-14H2,1-2H3,(H2,22,23,25,26). The lowest BCUT2D eigenvalue weighted by Crippen LogP contribution is -2.44. The summed E-state index contributed by atoms with van der Waals surface area (Å²) in [5.41, 5.74) is 2.79. The normalized spacial score (nSPS) is 14.5. The van der Waals surface area contributed by atoms with Gasteiger partial charge in [0.2, 0.25) is 5.91 Å². The van der Waals surface area contributed by atoms with Crippen molar-refractivity contribution in [2.24, 2.45) is 0 Å². The fraction of sp³-hybridized carbons (Fsp3) is 0.429. The van der Waals surface area contributed by atoms with Gasteiger partial charge in [0.1, 0.15) is 5.76 Å². The Kier molecular flexibility index (Phi) is 6.29. The molecule has 144 valence electrons. The predicted molar refractivity (Wildman–Crippen MR) is 104 cm³/mol. The average Bonchev–Trinajstić information content (AvgIpc) is 3.30. The summed E-state index contributed by atoms with van der Waals surface area (Å²) in [7, 11) is 0. The summed E-state index contributed by atoms with van der Waals surface area (Å²) in [5, 5.41) is 5.19. The van der Waals surface area contributed by atoms with Crippen LogP contribution in [0.25, 0.3) is 0 Å². The summed E-state index contributed by atoms with van der Waals surface area (Å²) in [6.07, 6.45) is 6.13. The molecule has 1 saturated carbocycles. The molecule has 6 nitrogen and oxygen atoms in total. The predicted octanol–water partition coefficient (Wildman–Crippen LogP) is 3.99. The molecule has 0 bridgehead atoms. The molecule has 1 heterocycles. The molecular formula is C21H27N3O3. The Labute approximate surface area is 159 Å². The van der Waals surface area contributed by atoms with E-state index in [1.54, 1.807) is 6.26 Å². The fourth-order valence-electron chi connectivity index (χ4n) is 3.64. The van der Waals surface area contributed by atoms with Gasteiger partial charge in [0.05, 0.1) is 19.4 Å². The highest BCUT2D eigenvalue weighted by Gasteiger charge is 2.25. The van der Waals surface area contributed by atoms with Crippen LogP contribution in [0, 0.1) is 13.8 Å². The quantitative estimate of drug-likeness (QED) is 0.807. The van der Waals surface area contributed by atoms with E-state index in [1.165, 1.54) is 12.8 Å². The number of rotatable bonds is 6. The van der Waals surface area contributed by atoms with Gasteiger partial charge in [0.15, 0.2) is 0 Å². The van der Waals surface area contributed by atoms with Gasteiger partial charge in [0, 0.05) is 11.7 Å². The van der Waals surface area contributed by atoms with Gasteiger partial charge >= 0.3 is 6.03 Å². The maximum absolute atomic E-state index is 12.4. The molecule has 3 amide bonds. The van der Waals surface area contributed by atoms with Crippen LogP contribution in [0.1, 0.15) is 42.6 Å². The molecule has 2 N–H and O–H groups in total. The van der Waals surface area contributed by atoms with Crippen LogP contribution in [0.5, 0.6) is 0 Å². The van der Waals surface area contributed by atoms with E-state index in [0.717, 1.165) is 29.7 Å². The zero-order valence-electron chi connectivity index (χ0n) is 16.0. The number of nitrogens with zero attached hydrogens (tertiary/aromatic N) is 1. The summed E-state index contributed by atoms with van der Waals surface area (Å²) in [5.74, 6) is 0.519. The number of urea groups is 1. The molecule has 0 radical (unpaired) electrons. The molecule has 1 aliphatic carbocycles. The number of hydrogen-bond acceptors (Lipinski definition) is 4. The van der Waals surface area contributed by atoms with Crippen molar-refractivity contribution in [2.75, 3.05) is 11.9 Å². The maximum atomic E-state index is 12.4. The Bertz CT molecular complexity index is 780. The molecule has 1 aromatic heterocycles. The van der Waals surface area contributed by atoms with E-state index in [9.17, 15) is 9.59 Å². The van der Waals surface area contributed by atoms with Crippen molar-refractivity contribution in [3.8, 4) is 0 Å². The molecule has 2 aromatic rings. The molecule has 0 aliphatic heterocycles. The molecule has 0 atom stereocenters. The van der Waals surface area contributed by atoms with E-state index in [-0.39, 0.29) is 12.5 Å². The molecule has 0 saturated heterocycles. The minimum atomic E-state index is -0.503. The van der Waals surface area contributed by atoms with Crippen LogP contribution in [-0.4, -0.2) is 29.4 Å². The van der Waals surface area contributed by atoms with Crippen LogP contribution < -0.4 is 10.6 Å². The lowest BCUT2D eigenvalue weighted by molar-refractivity contribution is -0.121. The summed E-state index contributed by atoms with van der Waals surface area (Å²) >= 11 is 0. The number of hydrogen-bond donors (Lipinski definition) is 2. The third kappa shape index (κ3) is 5.44. The highest BCUT2D eigenvalue weighted by atomic mass is 16.3. The largest absolute Gasteiger partial charge is 0.468 e. The molecule has 0 unspecified atom stereocenters. The van der Waals surface area contributed by atoms with E-state index in [0.29, 0.717) is 18.3 Å². The van der Waals surface area contributed by atoms with Gasteiger partial charge in [0.25, 0.3) is 0 Å². The van der Waals surface area contributed by atoms with Crippen LogP contribution in [0.15, 0.2) is 41.0 Å². The van der Waals surface area contributed by atoms with Crippen molar-refractivity contribution in [3.05, 3.63) is 53.5 Å². The number of benzene rings is 1. The maximum Gasteiger partial charge on any atom is 0.325 e. The highest BCUT2D eigenvalue weighted by Crippen LogP contribution is 2.25. The van der Waals surface area contributed by atoms with Gasteiger partial charge in [-0.3, -0.25) is 15.0 Å². The first-order valence-electron chi connectivity index (χ1n) is 9.46. The Morgan fingerprint density at radius 3 is 2.63 bits per heavy atom. The first-order chi connectivity index (χ1) is 13.0. The smallest absolute Gasteiger partial charge is 0.325 e. The molecule has 0 spiro atoms. The van der Waals surface area contributed by atoms with Crippen LogP contribution in [-0.2, 0) is 11.3 Å². The Morgan fingerprint density at radius 1 is 1.19 bits per heavy atom. The second-order valence-electron chi connectivity index (χ2n) is 7.24. The molecule has 27 heavy (non-hydrogen) atoms. The van der Waals surface area contributed by atoms with Crippen LogP contribution in [0.2, 0.25) is 0 Å². The Balaban J connectivity index is 1.57. The minimum Gasteiger partial charge on any atom is -0.468 e. The molecule has 3 rings (SSSR count). The van der Waals surface area contributed by atoms with Gasteiger partial charge in [-0.15, -0.1) is 0 Å². The Hall–Kier alpha value is -2.60. The van der Waals surface area contributed by atoms with Crippen molar-refractivity contribution in [3.63, 3.8) is 0 Å². The van der Waals surface area contributed by atoms with Crippen LogP contribution in [0.4, 0.5) is 10.5 Å². The van der Waals surface area contributed by atoms with E-state index in [2.05, 4.69) is 15.5 Å². The monoisotopic (exact) mass is 369 g/mol. The average molecular weight is 369 g/mol. The van der Waals surface area contributed by atoms with Crippen molar-refractivity contribution in [2.45, 2.75) is 52.1 Å². The number of furan rings is 1. The second kappa shape index (κ2) is 8.86. The van der Waals surface area contributed by atoms with Gasteiger partial charge < -0.3 is 9.73 Å². The summed E-state index contributed by atoms with van der Waals surface area (Å²) in [4.78, 5) is 26.7. The van der Waals surface area contributed by atoms with Crippen molar-refractivity contribution < 1.29 is 14.0 Å². The molecule has 1 aromatic carbocycles. The number of nitrogens with one attached hydrogen (secondary N) is 2. The number of aryl methyl sites for hydroxylation is 2. The summed E-state index contributed by atoms with van der Waals surface area (Å²) < 4.78 is 5.44. The summed E-state index contributed by atoms with van der Waals surface area (Å²) in [6.45, 7) is 4.67. The first-order valence-corrected chi connectivity index (χ1v) is 9.46. The SMILES string of the molecule is Cc1ccc(NC(=O)NC(=O)CN(Cc2ccco2)C2CCCC2)c(C)c1. The third-order valence-electron chi connectivity index (χ3n) is 5.01. The molecular weight excluding hydrogens is 342 g/mol. The topological polar surface area (TPSA) is 74.6 Å². The molecule has 6 heteroatoms. The van der Waals surface area contributed by atoms with Crippen LogP contribution in [0.3, 0.4) is 0 Å². The number of imide groups is 1. The van der Waals surface area contributed by atoms with E-state index in [1.807, 2.05) is 44.2 Å². The van der Waals surface area contributed by atoms with Gasteiger partial charge in [-0.1, -0.05) is 30.5 Å². The number of carbonyl (C=O) groups is 2. The van der Waals surface area contributed by atoms with E-state index >= 15 is 0 Å². The minimum absolute atomic E-state index is 0.172. The third-order valence-corrected chi connectivity index (χ3v) is 5.01. The zero-order valence-corrected chi connectivity index (χ0v) is 16.0. The van der Waals surface area contributed by atoms with Gasteiger partial charge in [-0.25, -0.2) is 4.79 Å². The second-order valence-corrected chi connectivity index (χ2v) is 7.24. The number of anilines is 1. The number of carbonyl (C=O) groups excluding carboxylic acids is 2. The molecule has 1 fully saturated rings. The van der Waals surface area contributed by atoms with Crippen molar-refractivity contribution in [1.29, 1.82) is 0 Å². The van der Waals surface area contributed by atoms with Crippen molar-refractivity contribution in [1.82, 2.24) is 10.2 Å². The van der Waals surface area contributed by atoms with Gasteiger partial charge in [-0.2, -0.15) is 0 Å². The van der Waals surface area contributed by atoms with E-state index < -0.39 is 6.03 Å². The fourth-order valence-corrected chi connectivity index (χ4v) is 3.64. The molecule has 1 aliphatic rings. The lowest BCUT2D eigenvalue weighted by atomic mass is 10.1. The van der Waals surface area contributed by atoms with Gasteiger partial charge in [-0.05, 0) is 50.5 Å². The van der Waals surface area contributed by atoms with E-state index in [4.69, 9.17) is 4.42 Å². The summed E-state index contributed by atoms with van der Waals surface area (Å²) in [6, 6.07) is 9.36. The highest BCUT2D eigenvalue weighted by molar-refractivity contribution is 6.02. The number of amides is 3. The first kappa shape index (κ1) is 19.2. The lowest BCUT2D eigenvalue weighted by Gasteiger charge is -2.27. The van der Waals surface area contributed by atoms with Crippen molar-refractivity contribution >= 4 is 17.6 Å². The van der Waals surface area contributed by atoms with Crippen LogP contribution >= 0.6 is 0 Å². The zero-order chi connectivity index (χ0) is 19.2.